The summed E-state index contributed by atoms with van der Waals surface area (Å²) in [6.07, 6.45) is 0.875. The van der Waals surface area contributed by atoms with Gasteiger partial charge >= 0.3 is 0 Å². The highest BCUT2D eigenvalue weighted by atomic mass is 32.2. The molecule has 1 N–H and O–H groups in total. The van der Waals surface area contributed by atoms with Gasteiger partial charge in [0.25, 0.3) is 10.0 Å². The third kappa shape index (κ3) is 7.65. The highest BCUT2D eigenvalue weighted by Crippen LogP contribution is 2.29. The normalized spacial score (nSPS) is 13.7. The Morgan fingerprint density at radius 3 is 2.27 bits per heavy atom. The fourth-order valence-electron chi connectivity index (χ4n) is 4.51. The van der Waals surface area contributed by atoms with Crippen LogP contribution in [0, 0.1) is 5.82 Å². The van der Waals surface area contributed by atoms with Crippen LogP contribution in [0.25, 0.3) is 0 Å². The summed E-state index contributed by atoms with van der Waals surface area (Å²) in [7, 11) is -2.45. The summed E-state index contributed by atoms with van der Waals surface area (Å²) in [5.41, 5.74) is 3.28. The number of sulfonamides is 1. The Hall–Kier alpha value is -3.43. The van der Waals surface area contributed by atoms with E-state index in [-0.39, 0.29) is 33.9 Å². The van der Waals surface area contributed by atoms with E-state index in [0.717, 1.165) is 22.8 Å². The minimum absolute atomic E-state index is 0.00448. The molecule has 1 amide bonds. The summed E-state index contributed by atoms with van der Waals surface area (Å²) in [6.45, 7) is 11.3. The minimum Gasteiger partial charge on any atom is -0.493 e. The van der Waals surface area contributed by atoms with E-state index >= 15 is 0 Å². The number of fused-ring (bicyclic) bond motifs is 1. The Labute approximate surface area is 242 Å². The number of hydrogen-bond acceptors (Lipinski definition) is 5. The number of benzene rings is 3. The minimum atomic E-state index is -4.06. The van der Waals surface area contributed by atoms with Crippen LogP contribution < -0.4 is 9.46 Å². The number of rotatable bonds is 10. The van der Waals surface area contributed by atoms with Crippen molar-refractivity contribution in [1.29, 1.82) is 0 Å². The predicted molar refractivity (Wildman–Crippen MR) is 158 cm³/mol. The van der Waals surface area contributed by atoms with Crippen molar-refractivity contribution in [3.63, 3.8) is 0 Å². The van der Waals surface area contributed by atoms with Gasteiger partial charge in [-0.15, -0.1) is 0 Å². The average molecular weight is 583 g/mol. The zero-order valence-electron chi connectivity index (χ0n) is 24.6. The highest BCUT2D eigenvalue weighted by Gasteiger charge is 2.26. The Bertz CT molecular complexity index is 1510. The van der Waals surface area contributed by atoms with E-state index in [1.165, 1.54) is 23.8 Å². The molecule has 0 unspecified atom stereocenters. The molecule has 0 saturated carbocycles. The van der Waals surface area contributed by atoms with Crippen LogP contribution in [0.3, 0.4) is 0 Å². The first-order chi connectivity index (χ1) is 19.2. The number of hydrogen-bond donors (Lipinski definition) is 1. The summed E-state index contributed by atoms with van der Waals surface area (Å²) < 4.78 is 54.3. The van der Waals surface area contributed by atoms with Crippen molar-refractivity contribution in [1.82, 2.24) is 4.90 Å². The molecule has 3 aromatic carbocycles. The van der Waals surface area contributed by atoms with Gasteiger partial charge in [0, 0.05) is 32.7 Å². The molecule has 1 aliphatic heterocycles. The molecule has 3 aromatic rings. The van der Waals surface area contributed by atoms with E-state index in [4.69, 9.17) is 9.47 Å². The van der Waals surface area contributed by atoms with Gasteiger partial charge in [0.15, 0.2) is 5.82 Å². The molecular weight excluding hydrogens is 543 g/mol. The molecule has 0 aliphatic carbocycles. The highest BCUT2D eigenvalue weighted by molar-refractivity contribution is 7.92. The second-order valence-corrected chi connectivity index (χ2v) is 13.8. The Balaban J connectivity index is 1.38. The molecule has 0 bridgehead atoms. The Morgan fingerprint density at radius 2 is 1.63 bits per heavy atom. The molecule has 0 atom stereocenters. The molecule has 1 aliphatic rings. The fraction of sp³-hybridized carbons (Fsp3) is 0.406. The number of nitrogens with zero attached hydrogens (tertiary/aromatic N) is 1. The molecule has 41 heavy (non-hydrogen) atoms. The Morgan fingerprint density at radius 1 is 0.951 bits per heavy atom. The lowest BCUT2D eigenvalue weighted by molar-refractivity contribution is -0.131. The topological polar surface area (TPSA) is 84.9 Å². The zero-order chi connectivity index (χ0) is 30.0. The van der Waals surface area contributed by atoms with Crippen molar-refractivity contribution in [3.05, 3.63) is 88.7 Å². The molecule has 0 aromatic heterocycles. The molecule has 0 spiro atoms. The van der Waals surface area contributed by atoms with Crippen LogP contribution in [0.5, 0.6) is 5.75 Å². The summed E-state index contributed by atoms with van der Waals surface area (Å²) in [5.74, 6) is -0.474. The smallest absolute Gasteiger partial charge is 0.261 e. The van der Waals surface area contributed by atoms with Crippen molar-refractivity contribution in [3.8, 4) is 5.75 Å². The molecule has 9 heteroatoms. The van der Waals surface area contributed by atoms with Gasteiger partial charge in [0.05, 0.1) is 29.2 Å². The standard InChI is InChI=1S/C32H39FN2O5S/c1-31(2,3)25-10-7-22(8-11-25)17-30(36)35-20-23-9-13-27(18-24(23)21-35)41(37,38)34-29-14-12-26(19-28(29)33)40-16-15-32(4,5)39-6/h7-14,18-19,34H,15-17,20-21H2,1-6H3. The van der Waals surface area contributed by atoms with Crippen molar-refractivity contribution in [2.24, 2.45) is 0 Å². The van der Waals surface area contributed by atoms with Gasteiger partial charge in [-0.2, -0.15) is 0 Å². The second kappa shape index (κ2) is 11.8. The number of ether oxygens (including phenoxy) is 2. The average Bonchev–Trinajstić information content (AvgIpc) is 3.34. The van der Waals surface area contributed by atoms with E-state index in [9.17, 15) is 17.6 Å². The van der Waals surface area contributed by atoms with E-state index < -0.39 is 15.8 Å². The second-order valence-electron chi connectivity index (χ2n) is 12.1. The van der Waals surface area contributed by atoms with Crippen molar-refractivity contribution >= 4 is 21.6 Å². The van der Waals surface area contributed by atoms with Gasteiger partial charge in [-0.05, 0) is 65.8 Å². The van der Waals surface area contributed by atoms with Crippen LogP contribution >= 0.6 is 0 Å². The van der Waals surface area contributed by atoms with E-state index in [1.54, 1.807) is 24.1 Å². The maximum Gasteiger partial charge on any atom is 0.261 e. The number of methoxy groups -OCH3 is 1. The zero-order valence-corrected chi connectivity index (χ0v) is 25.4. The first-order valence-corrected chi connectivity index (χ1v) is 15.1. The number of nitrogens with one attached hydrogen (secondary N) is 1. The maximum atomic E-state index is 14.8. The van der Waals surface area contributed by atoms with Crippen LogP contribution in [0.4, 0.5) is 10.1 Å². The number of carbonyl (C=O) groups excluding carboxylic acids is 1. The largest absolute Gasteiger partial charge is 0.493 e. The lowest BCUT2D eigenvalue weighted by Gasteiger charge is -2.22. The van der Waals surface area contributed by atoms with Crippen molar-refractivity contribution in [2.45, 2.75) is 76.5 Å². The molecule has 7 nitrogen and oxygen atoms in total. The van der Waals surface area contributed by atoms with Gasteiger partial charge in [-0.1, -0.05) is 51.1 Å². The molecule has 4 rings (SSSR count). The van der Waals surface area contributed by atoms with Gasteiger partial charge in [-0.25, -0.2) is 12.8 Å². The maximum absolute atomic E-state index is 14.8. The lowest BCUT2D eigenvalue weighted by Crippen LogP contribution is -2.26. The van der Waals surface area contributed by atoms with Crippen LogP contribution in [0.1, 0.15) is 63.3 Å². The van der Waals surface area contributed by atoms with E-state index in [0.29, 0.717) is 31.9 Å². The predicted octanol–water partition coefficient (Wildman–Crippen LogP) is 6.20. The van der Waals surface area contributed by atoms with Crippen LogP contribution in [0.15, 0.2) is 65.6 Å². The number of anilines is 1. The summed E-state index contributed by atoms with van der Waals surface area (Å²) in [6, 6.07) is 16.8. The molecule has 1 heterocycles. The number of carbonyl (C=O) groups is 1. The fourth-order valence-corrected chi connectivity index (χ4v) is 5.63. The van der Waals surface area contributed by atoms with Crippen molar-refractivity contribution in [2.75, 3.05) is 18.4 Å². The van der Waals surface area contributed by atoms with Gasteiger partial charge in [-0.3, -0.25) is 9.52 Å². The third-order valence-electron chi connectivity index (χ3n) is 7.45. The number of amides is 1. The molecule has 220 valence electrons. The molecule has 0 radical (unpaired) electrons. The summed E-state index contributed by atoms with van der Waals surface area (Å²) in [4.78, 5) is 14.7. The SMILES string of the molecule is COC(C)(C)CCOc1ccc(NS(=O)(=O)c2ccc3c(c2)CN(C(=O)Cc2ccc(C(C)(C)C)cc2)C3)c(F)c1. The quantitative estimate of drug-likeness (QED) is 0.308. The molecular formula is C32H39FN2O5S. The van der Waals surface area contributed by atoms with E-state index in [2.05, 4.69) is 37.6 Å². The van der Waals surface area contributed by atoms with Gasteiger partial charge in [0.2, 0.25) is 5.91 Å². The van der Waals surface area contributed by atoms with Crippen LogP contribution in [-0.4, -0.2) is 38.5 Å². The van der Waals surface area contributed by atoms with E-state index in [1.807, 2.05) is 26.0 Å². The number of halogens is 1. The van der Waals surface area contributed by atoms with Gasteiger partial charge < -0.3 is 14.4 Å². The summed E-state index contributed by atoms with van der Waals surface area (Å²) >= 11 is 0. The van der Waals surface area contributed by atoms with Gasteiger partial charge in [0.1, 0.15) is 5.75 Å². The third-order valence-corrected chi connectivity index (χ3v) is 8.81. The monoisotopic (exact) mass is 582 g/mol. The molecule has 0 saturated heterocycles. The first kappa shape index (κ1) is 30.5. The Kier molecular flexibility index (Phi) is 8.80. The summed E-state index contributed by atoms with van der Waals surface area (Å²) in [5, 5.41) is 0. The van der Waals surface area contributed by atoms with Crippen LogP contribution in [0.2, 0.25) is 0 Å². The lowest BCUT2D eigenvalue weighted by atomic mass is 9.86. The molecule has 0 fully saturated rings. The van der Waals surface area contributed by atoms with Crippen LogP contribution in [-0.2, 0) is 44.5 Å². The first-order valence-electron chi connectivity index (χ1n) is 13.7. The van der Waals surface area contributed by atoms with Crippen molar-refractivity contribution < 1.29 is 27.1 Å².